The highest BCUT2D eigenvalue weighted by atomic mass is 16.2. The molecule has 3 unspecified atom stereocenters. The minimum absolute atomic E-state index is 0.00708. The fourth-order valence-electron chi connectivity index (χ4n) is 3.25. The maximum absolute atomic E-state index is 12.8. The number of aryl methyl sites for hydroxylation is 1. The predicted molar refractivity (Wildman–Crippen MR) is 86.9 cm³/mol. The van der Waals surface area contributed by atoms with Crippen molar-refractivity contribution in [2.24, 2.45) is 5.92 Å². The van der Waals surface area contributed by atoms with Crippen LogP contribution in [0.1, 0.15) is 57.8 Å². The Hall–Kier alpha value is -1.35. The van der Waals surface area contributed by atoms with Crippen LogP contribution in [0.3, 0.4) is 0 Å². The third-order valence-electron chi connectivity index (χ3n) is 4.47. The van der Waals surface area contributed by atoms with Gasteiger partial charge in [0.1, 0.15) is 6.17 Å². The lowest BCUT2D eigenvalue weighted by molar-refractivity contribution is -0.132. The molecule has 1 saturated heterocycles. The molecule has 0 aliphatic carbocycles. The van der Waals surface area contributed by atoms with E-state index in [0.717, 1.165) is 12.8 Å². The van der Waals surface area contributed by atoms with Crippen molar-refractivity contribution in [2.75, 3.05) is 0 Å². The quantitative estimate of drug-likeness (QED) is 0.897. The third kappa shape index (κ3) is 3.13. The standard InChI is InChI=1S/C18H28N2O/c1-6-9-14(5)20-17(15-11-8-7-10-13(15)4)19-16(12(2)3)18(20)21/h7-8,10-12,14,16-17,19H,6,9H2,1-5H3. The van der Waals surface area contributed by atoms with E-state index in [0.29, 0.717) is 5.92 Å². The summed E-state index contributed by atoms with van der Waals surface area (Å²) < 4.78 is 0. The number of nitrogens with one attached hydrogen (secondary N) is 1. The minimum Gasteiger partial charge on any atom is -0.319 e. The number of amides is 1. The van der Waals surface area contributed by atoms with Crippen molar-refractivity contribution in [3.63, 3.8) is 0 Å². The van der Waals surface area contributed by atoms with Crippen molar-refractivity contribution in [2.45, 2.75) is 65.7 Å². The Kier molecular flexibility index (Phi) is 5.04. The van der Waals surface area contributed by atoms with Gasteiger partial charge in [0, 0.05) is 6.04 Å². The van der Waals surface area contributed by atoms with Crippen LogP contribution >= 0.6 is 0 Å². The molecule has 3 nitrogen and oxygen atoms in total. The molecular weight excluding hydrogens is 260 g/mol. The zero-order valence-corrected chi connectivity index (χ0v) is 13.9. The molecule has 2 rings (SSSR count). The van der Waals surface area contributed by atoms with Gasteiger partial charge in [-0.05, 0) is 37.3 Å². The Labute approximate surface area is 128 Å². The number of hydrogen-bond donors (Lipinski definition) is 1. The molecule has 3 atom stereocenters. The van der Waals surface area contributed by atoms with Gasteiger partial charge >= 0.3 is 0 Å². The van der Waals surface area contributed by atoms with E-state index in [4.69, 9.17) is 0 Å². The van der Waals surface area contributed by atoms with E-state index in [9.17, 15) is 4.79 Å². The molecule has 0 radical (unpaired) electrons. The van der Waals surface area contributed by atoms with Crippen LogP contribution in [0.15, 0.2) is 24.3 Å². The zero-order valence-electron chi connectivity index (χ0n) is 13.9. The van der Waals surface area contributed by atoms with Gasteiger partial charge in [0.15, 0.2) is 0 Å². The van der Waals surface area contributed by atoms with Crippen LogP contribution in [0.25, 0.3) is 0 Å². The molecule has 116 valence electrons. The summed E-state index contributed by atoms with van der Waals surface area (Å²) in [7, 11) is 0. The largest absolute Gasteiger partial charge is 0.319 e. The lowest BCUT2D eigenvalue weighted by Gasteiger charge is -2.31. The van der Waals surface area contributed by atoms with Crippen molar-refractivity contribution in [1.82, 2.24) is 10.2 Å². The molecule has 0 aromatic heterocycles. The number of carbonyl (C=O) groups excluding carboxylic acids is 1. The van der Waals surface area contributed by atoms with Crippen molar-refractivity contribution < 1.29 is 4.79 Å². The zero-order chi connectivity index (χ0) is 15.6. The summed E-state index contributed by atoms with van der Waals surface area (Å²) in [4.78, 5) is 14.9. The van der Waals surface area contributed by atoms with Gasteiger partial charge in [-0.15, -0.1) is 0 Å². The van der Waals surface area contributed by atoms with Gasteiger partial charge in [-0.25, -0.2) is 0 Å². The first-order valence-corrected chi connectivity index (χ1v) is 8.11. The van der Waals surface area contributed by atoms with Gasteiger partial charge in [0.05, 0.1) is 6.04 Å². The maximum atomic E-state index is 12.8. The second-order valence-corrected chi connectivity index (χ2v) is 6.53. The van der Waals surface area contributed by atoms with Gasteiger partial charge in [0.25, 0.3) is 0 Å². The number of benzene rings is 1. The van der Waals surface area contributed by atoms with E-state index in [1.54, 1.807) is 0 Å². The third-order valence-corrected chi connectivity index (χ3v) is 4.47. The van der Waals surface area contributed by atoms with Crippen molar-refractivity contribution >= 4 is 5.91 Å². The summed E-state index contributed by atoms with van der Waals surface area (Å²) in [5, 5.41) is 3.56. The Morgan fingerprint density at radius 3 is 2.48 bits per heavy atom. The molecule has 0 saturated carbocycles. The van der Waals surface area contributed by atoms with Crippen LogP contribution in [-0.4, -0.2) is 22.9 Å². The average Bonchev–Trinajstić information content (AvgIpc) is 2.77. The van der Waals surface area contributed by atoms with Crippen LogP contribution in [0.4, 0.5) is 0 Å². The van der Waals surface area contributed by atoms with Crippen molar-refractivity contribution in [1.29, 1.82) is 0 Å². The molecule has 0 spiro atoms. The lowest BCUT2D eigenvalue weighted by atomic mass is 10.0. The Morgan fingerprint density at radius 2 is 1.90 bits per heavy atom. The lowest BCUT2D eigenvalue weighted by Crippen LogP contribution is -2.39. The molecule has 1 aromatic carbocycles. The van der Waals surface area contributed by atoms with E-state index >= 15 is 0 Å². The minimum atomic E-state index is -0.0751. The van der Waals surface area contributed by atoms with Gasteiger partial charge in [-0.1, -0.05) is 51.5 Å². The normalized spacial score (nSPS) is 23.9. The van der Waals surface area contributed by atoms with Crippen LogP contribution in [0.2, 0.25) is 0 Å². The first kappa shape index (κ1) is 16.0. The van der Waals surface area contributed by atoms with Gasteiger partial charge < -0.3 is 4.90 Å². The molecule has 1 aromatic rings. The maximum Gasteiger partial charge on any atom is 0.241 e. The average molecular weight is 288 g/mol. The molecule has 1 aliphatic rings. The summed E-state index contributed by atoms with van der Waals surface area (Å²) in [5.74, 6) is 0.557. The first-order chi connectivity index (χ1) is 9.97. The monoisotopic (exact) mass is 288 g/mol. The highest BCUT2D eigenvalue weighted by molar-refractivity contribution is 5.85. The van der Waals surface area contributed by atoms with Crippen LogP contribution < -0.4 is 5.32 Å². The highest BCUT2D eigenvalue weighted by Crippen LogP contribution is 2.32. The first-order valence-electron chi connectivity index (χ1n) is 8.11. The van der Waals surface area contributed by atoms with E-state index in [-0.39, 0.29) is 24.2 Å². The molecule has 1 amide bonds. The fraction of sp³-hybridized carbons (Fsp3) is 0.611. The molecule has 0 bridgehead atoms. The molecule has 1 heterocycles. The van der Waals surface area contributed by atoms with E-state index in [1.807, 2.05) is 0 Å². The second-order valence-electron chi connectivity index (χ2n) is 6.53. The predicted octanol–water partition coefficient (Wildman–Crippen LogP) is 3.64. The number of carbonyl (C=O) groups is 1. The SMILES string of the molecule is CCCC(C)N1C(=O)C(C(C)C)NC1c1ccccc1C. The van der Waals surface area contributed by atoms with Gasteiger partial charge in [-0.2, -0.15) is 0 Å². The molecule has 1 N–H and O–H groups in total. The molecular formula is C18H28N2O. The summed E-state index contributed by atoms with van der Waals surface area (Å²) in [6, 6.07) is 8.55. The summed E-state index contributed by atoms with van der Waals surface area (Å²) in [6.07, 6.45) is 2.14. The van der Waals surface area contributed by atoms with E-state index < -0.39 is 0 Å². The molecule has 1 aliphatic heterocycles. The molecule has 21 heavy (non-hydrogen) atoms. The summed E-state index contributed by atoms with van der Waals surface area (Å²) >= 11 is 0. The number of hydrogen-bond acceptors (Lipinski definition) is 2. The summed E-state index contributed by atoms with van der Waals surface area (Å²) in [6.45, 7) is 10.7. The van der Waals surface area contributed by atoms with E-state index in [2.05, 4.69) is 69.1 Å². The highest BCUT2D eigenvalue weighted by Gasteiger charge is 2.43. The van der Waals surface area contributed by atoms with Crippen LogP contribution in [0.5, 0.6) is 0 Å². The van der Waals surface area contributed by atoms with E-state index in [1.165, 1.54) is 11.1 Å². The fourth-order valence-corrected chi connectivity index (χ4v) is 3.25. The smallest absolute Gasteiger partial charge is 0.241 e. The van der Waals surface area contributed by atoms with Gasteiger partial charge in [-0.3, -0.25) is 10.1 Å². The van der Waals surface area contributed by atoms with Gasteiger partial charge in [0.2, 0.25) is 5.91 Å². The second kappa shape index (κ2) is 6.61. The summed E-state index contributed by atoms with van der Waals surface area (Å²) in [5.41, 5.74) is 2.46. The van der Waals surface area contributed by atoms with Crippen molar-refractivity contribution in [3.8, 4) is 0 Å². The van der Waals surface area contributed by atoms with Crippen LogP contribution in [0, 0.1) is 12.8 Å². The Balaban J connectivity index is 2.37. The molecule has 1 fully saturated rings. The van der Waals surface area contributed by atoms with Crippen molar-refractivity contribution in [3.05, 3.63) is 35.4 Å². The Morgan fingerprint density at radius 1 is 1.24 bits per heavy atom. The number of rotatable bonds is 5. The molecule has 3 heteroatoms. The topological polar surface area (TPSA) is 32.3 Å². The number of nitrogens with zero attached hydrogens (tertiary/aromatic N) is 1. The Bertz CT molecular complexity index is 498. The van der Waals surface area contributed by atoms with Crippen LogP contribution in [-0.2, 0) is 4.79 Å².